The number of primary sulfonamides is 1. The van der Waals surface area contributed by atoms with Crippen LogP contribution in [0.3, 0.4) is 0 Å². The normalized spacial score (nSPS) is 24.2. The second kappa shape index (κ2) is 7.74. The molecular weight excluding hydrogens is 336 g/mol. The lowest BCUT2D eigenvalue weighted by atomic mass is 9.82. The van der Waals surface area contributed by atoms with Crippen molar-refractivity contribution in [2.45, 2.75) is 37.0 Å². The van der Waals surface area contributed by atoms with Crippen molar-refractivity contribution in [3.8, 4) is 0 Å². The Balaban J connectivity index is 1.50. The zero-order valence-electron chi connectivity index (χ0n) is 14.8. The molecule has 7 heteroatoms. The number of guanidine groups is 1. The van der Waals surface area contributed by atoms with Gasteiger partial charge in [-0.25, -0.2) is 13.6 Å². The van der Waals surface area contributed by atoms with Crippen molar-refractivity contribution in [2.75, 3.05) is 26.7 Å². The highest BCUT2D eigenvalue weighted by atomic mass is 32.2. The van der Waals surface area contributed by atoms with E-state index in [1.165, 1.54) is 25.7 Å². The molecule has 1 heterocycles. The summed E-state index contributed by atoms with van der Waals surface area (Å²) in [6.45, 7) is 3.01. The third kappa shape index (κ3) is 4.52. The van der Waals surface area contributed by atoms with Crippen LogP contribution in [-0.4, -0.2) is 46.0 Å². The highest BCUT2D eigenvalue weighted by Crippen LogP contribution is 2.35. The summed E-state index contributed by atoms with van der Waals surface area (Å²) in [6.07, 6.45) is 6.26. The Bertz CT molecular complexity index is 701. The quantitative estimate of drug-likeness (QED) is 0.627. The highest BCUT2D eigenvalue weighted by molar-refractivity contribution is 7.89. The third-order valence-electron chi connectivity index (χ3n) is 5.44. The molecule has 0 radical (unpaired) electrons. The number of aliphatic imine (C=N–C) groups is 1. The largest absolute Gasteiger partial charge is 0.356 e. The summed E-state index contributed by atoms with van der Waals surface area (Å²) in [5.74, 6) is 2.65. The van der Waals surface area contributed by atoms with Gasteiger partial charge in [-0.1, -0.05) is 25.0 Å². The number of hydrogen-bond acceptors (Lipinski definition) is 3. The summed E-state index contributed by atoms with van der Waals surface area (Å²) >= 11 is 0. The van der Waals surface area contributed by atoms with Gasteiger partial charge in [-0.15, -0.1) is 0 Å². The number of nitrogens with one attached hydrogen (secondary N) is 1. The maximum Gasteiger partial charge on any atom is 0.238 e. The van der Waals surface area contributed by atoms with Gasteiger partial charge in [-0.2, -0.15) is 0 Å². The van der Waals surface area contributed by atoms with Crippen LogP contribution in [-0.2, 0) is 16.4 Å². The predicted octanol–water partition coefficient (Wildman–Crippen LogP) is 1.57. The van der Waals surface area contributed by atoms with Crippen LogP contribution in [0.15, 0.2) is 34.2 Å². The average molecular weight is 365 g/mol. The second-order valence-electron chi connectivity index (χ2n) is 7.12. The van der Waals surface area contributed by atoms with Crippen LogP contribution >= 0.6 is 0 Å². The van der Waals surface area contributed by atoms with E-state index in [1.54, 1.807) is 12.1 Å². The molecule has 3 rings (SSSR count). The van der Waals surface area contributed by atoms with Gasteiger partial charge < -0.3 is 10.2 Å². The van der Waals surface area contributed by atoms with Gasteiger partial charge in [0.2, 0.25) is 10.0 Å². The minimum atomic E-state index is -3.62. The number of fused-ring (bicyclic) bond motifs is 1. The lowest BCUT2D eigenvalue weighted by Crippen LogP contribution is -2.41. The first-order valence-electron chi connectivity index (χ1n) is 9.04. The topological polar surface area (TPSA) is 87.8 Å². The van der Waals surface area contributed by atoms with Crippen LogP contribution in [0.25, 0.3) is 0 Å². The molecule has 25 heavy (non-hydrogen) atoms. The van der Waals surface area contributed by atoms with E-state index in [2.05, 4.69) is 15.2 Å². The molecule has 0 spiro atoms. The minimum Gasteiger partial charge on any atom is -0.356 e. The van der Waals surface area contributed by atoms with Gasteiger partial charge in [0, 0.05) is 26.7 Å². The molecule has 1 aromatic carbocycles. The van der Waals surface area contributed by atoms with E-state index in [0.717, 1.165) is 49.4 Å². The standard InChI is InChI=1S/C18H28N4O2S/c1-20-18(22-12-15-4-2-3-5-16(15)13-22)21-11-10-14-6-8-17(9-7-14)25(19,23)24/h6-9,15-16H,2-5,10-13H2,1H3,(H,20,21)(H2,19,23,24). The van der Waals surface area contributed by atoms with Gasteiger partial charge in [0.25, 0.3) is 0 Å². The average Bonchev–Trinajstić information content (AvgIpc) is 3.02. The fourth-order valence-corrected chi connectivity index (χ4v) is 4.59. The van der Waals surface area contributed by atoms with Crippen LogP contribution < -0.4 is 10.5 Å². The first-order chi connectivity index (χ1) is 12.0. The van der Waals surface area contributed by atoms with Crippen molar-refractivity contribution in [1.29, 1.82) is 0 Å². The molecule has 1 aromatic rings. The summed E-state index contributed by atoms with van der Waals surface area (Å²) in [7, 11) is -1.78. The van der Waals surface area contributed by atoms with E-state index in [0.29, 0.717) is 0 Å². The van der Waals surface area contributed by atoms with Gasteiger partial charge in [0.1, 0.15) is 0 Å². The molecule has 138 valence electrons. The summed E-state index contributed by atoms with van der Waals surface area (Å²) in [5, 5.41) is 8.57. The summed E-state index contributed by atoms with van der Waals surface area (Å²) in [5.41, 5.74) is 1.07. The Morgan fingerprint density at radius 3 is 2.32 bits per heavy atom. The molecular formula is C18H28N4O2S. The number of nitrogens with zero attached hydrogens (tertiary/aromatic N) is 2. The van der Waals surface area contributed by atoms with Crippen LogP contribution in [0.5, 0.6) is 0 Å². The second-order valence-corrected chi connectivity index (χ2v) is 8.68. The Labute approximate surface area is 150 Å². The molecule has 0 aromatic heterocycles. The summed E-state index contributed by atoms with van der Waals surface area (Å²) in [6, 6.07) is 6.75. The van der Waals surface area contributed by atoms with E-state index in [1.807, 2.05) is 19.2 Å². The zero-order chi connectivity index (χ0) is 17.9. The lowest BCUT2D eigenvalue weighted by molar-refractivity contribution is 0.299. The van der Waals surface area contributed by atoms with Gasteiger partial charge in [-0.05, 0) is 48.8 Å². The molecule has 2 aliphatic rings. The van der Waals surface area contributed by atoms with Crippen LogP contribution in [0.1, 0.15) is 31.2 Å². The summed E-state index contributed by atoms with van der Waals surface area (Å²) < 4.78 is 22.6. The van der Waals surface area contributed by atoms with Crippen molar-refractivity contribution in [2.24, 2.45) is 22.0 Å². The molecule has 1 aliphatic carbocycles. The maximum atomic E-state index is 11.3. The molecule has 1 aliphatic heterocycles. The van der Waals surface area contributed by atoms with Gasteiger partial charge >= 0.3 is 0 Å². The zero-order valence-corrected chi connectivity index (χ0v) is 15.6. The van der Waals surface area contributed by atoms with Crippen molar-refractivity contribution >= 4 is 16.0 Å². The molecule has 0 amide bonds. The Morgan fingerprint density at radius 1 is 1.20 bits per heavy atom. The number of hydrogen-bond donors (Lipinski definition) is 2. The lowest BCUT2D eigenvalue weighted by Gasteiger charge is -2.22. The third-order valence-corrected chi connectivity index (χ3v) is 6.37. The number of nitrogens with two attached hydrogens (primary N) is 1. The molecule has 6 nitrogen and oxygen atoms in total. The Hall–Kier alpha value is -1.60. The highest BCUT2D eigenvalue weighted by Gasteiger charge is 2.35. The van der Waals surface area contributed by atoms with E-state index >= 15 is 0 Å². The van der Waals surface area contributed by atoms with Crippen LogP contribution in [0, 0.1) is 11.8 Å². The van der Waals surface area contributed by atoms with Crippen LogP contribution in [0.4, 0.5) is 0 Å². The van der Waals surface area contributed by atoms with Gasteiger partial charge in [-0.3, -0.25) is 4.99 Å². The van der Waals surface area contributed by atoms with E-state index in [4.69, 9.17) is 5.14 Å². The molecule has 1 saturated carbocycles. The van der Waals surface area contributed by atoms with Gasteiger partial charge in [0.05, 0.1) is 4.90 Å². The summed E-state index contributed by atoms with van der Waals surface area (Å²) in [4.78, 5) is 6.99. The first-order valence-corrected chi connectivity index (χ1v) is 10.6. The van der Waals surface area contributed by atoms with E-state index < -0.39 is 10.0 Å². The molecule has 0 bridgehead atoms. The van der Waals surface area contributed by atoms with Gasteiger partial charge in [0.15, 0.2) is 5.96 Å². The molecule has 2 fully saturated rings. The fraction of sp³-hybridized carbons (Fsp3) is 0.611. The molecule has 2 atom stereocenters. The van der Waals surface area contributed by atoms with E-state index in [-0.39, 0.29) is 4.90 Å². The SMILES string of the molecule is CN=C(NCCc1ccc(S(N)(=O)=O)cc1)N1CC2CCCCC2C1. The Morgan fingerprint density at radius 2 is 1.80 bits per heavy atom. The van der Waals surface area contributed by atoms with Crippen molar-refractivity contribution in [1.82, 2.24) is 10.2 Å². The van der Waals surface area contributed by atoms with Crippen molar-refractivity contribution in [3.05, 3.63) is 29.8 Å². The molecule has 3 N–H and O–H groups in total. The van der Waals surface area contributed by atoms with Crippen molar-refractivity contribution in [3.63, 3.8) is 0 Å². The monoisotopic (exact) mass is 364 g/mol. The molecule has 2 unspecified atom stereocenters. The Kier molecular flexibility index (Phi) is 5.64. The smallest absolute Gasteiger partial charge is 0.238 e. The van der Waals surface area contributed by atoms with Crippen LogP contribution in [0.2, 0.25) is 0 Å². The number of benzene rings is 1. The fourth-order valence-electron chi connectivity index (χ4n) is 4.08. The maximum absolute atomic E-state index is 11.3. The number of rotatable bonds is 4. The first kappa shape index (κ1) is 18.2. The minimum absolute atomic E-state index is 0.152. The predicted molar refractivity (Wildman–Crippen MR) is 99.9 cm³/mol. The van der Waals surface area contributed by atoms with E-state index in [9.17, 15) is 8.42 Å². The van der Waals surface area contributed by atoms with Crippen molar-refractivity contribution < 1.29 is 8.42 Å². The molecule has 1 saturated heterocycles. The number of sulfonamides is 1. The number of likely N-dealkylation sites (tertiary alicyclic amines) is 1.